The Kier molecular flexibility index (Phi) is 5.65. The first-order valence-corrected chi connectivity index (χ1v) is 6.46. The Morgan fingerprint density at radius 2 is 1.05 bits per heavy atom. The zero-order chi connectivity index (χ0) is 13.2. The van der Waals surface area contributed by atoms with Gasteiger partial charge in [0.1, 0.15) is 0 Å². The molecule has 0 bridgehead atoms. The SMILES string of the molecule is C(=C\c1ccccc1)/COC/C=C/c1ccccc1. The Morgan fingerprint density at radius 3 is 1.47 bits per heavy atom. The molecule has 0 aliphatic rings. The van der Waals surface area contributed by atoms with Crippen LogP contribution in [-0.4, -0.2) is 13.2 Å². The fourth-order valence-electron chi connectivity index (χ4n) is 1.70. The summed E-state index contributed by atoms with van der Waals surface area (Å²) in [4.78, 5) is 0. The van der Waals surface area contributed by atoms with Gasteiger partial charge in [0.25, 0.3) is 0 Å². The maximum atomic E-state index is 5.50. The van der Waals surface area contributed by atoms with Gasteiger partial charge in [-0.15, -0.1) is 0 Å². The van der Waals surface area contributed by atoms with Crippen molar-refractivity contribution >= 4 is 12.2 Å². The maximum absolute atomic E-state index is 5.50. The average Bonchev–Trinajstić information content (AvgIpc) is 2.48. The molecule has 0 N–H and O–H groups in total. The molecule has 2 rings (SSSR count). The van der Waals surface area contributed by atoms with Crippen molar-refractivity contribution in [2.24, 2.45) is 0 Å². The highest BCUT2D eigenvalue weighted by atomic mass is 16.5. The molecular weight excluding hydrogens is 232 g/mol. The molecule has 0 unspecified atom stereocenters. The first kappa shape index (κ1) is 13.3. The largest absolute Gasteiger partial charge is 0.373 e. The Balaban J connectivity index is 1.65. The van der Waals surface area contributed by atoms with E-state index in [1.54, 1.807) is 0 Å². The highest BCUT2D eigenvalue weighted by Gasteiger charge is 1.84. The number of hydrogen-bond donors (Lipinski definition) is 0. The van der Waals surface area contributed by atoms with Crippen LogP contribution >= 0.6 is 0 Å². The topological polar surface area (TPSA) is 9.23 Å². The van der Waals surface area contributed by atoms with E-state index in [-0.39, 0.29) is 0 Å². The molecule has 0 radical (unpaired) electrons. The van der Waals surface area contributed by atoms with Gasteiger partial charge >= 0.3 is 0 Å². The van der Waals surface area contributed by atoms with Crippen molar-refractivity contribution in [3.05, 3.63) is 83.9 Å². The van der Waals surface area contributed by atoms with Crippen molar-refractivity contribution in [3.63, 3.8) is 0 Å². The fraction of sp³-hybridized carbons (Fsp3) is 0.111. The van der Waals surface area contributed by atoms with Gasteiger partial charge in [-0.2, -0.15) is 0 Å². The van der Waals surface area contributed by atoms with Crippen LogP contribution < -0.4 is 0 Å². The molecule has 2 aromatic rings. The van der Waals surface area contributed by atoms with Crippen molar-refractivity contribution in [2.45, 2.75) is 0 Å². The summed E-state index contributed by atoms with van der Waals surface area (Å²) < 4.78 is 5.50. The minimum atomic E-state index is 0.633. The molecule has 0 heterocycles. The third-order valence-electron chi connectivity index (χ3n) is 2.65. The van der Waals surface area contributed by atoms with Crippen LogP contribution in [0.1, 0.15) is 11.1 Å². The van der Waals surface area contributed by atoms with Crippen LogP contribution in [0, 0.1) is 0 Å². The standard InChI is InChI=1S/C18H18O/c1-3-9-17(10-4-1)13-7-15-19-16-8-14-18-11-5-2-6-12-18/h1-14H,15-16H2/b13-7+,14-8+. The lowest BCUT2D eigenvalue weighted by Crippen LogP contribution is -1.90. The molecular formula is C18H18O. The highest BCUT2D eigenvalue weighted by Crippen LogP contribution is 2.02. The number of ether oxygens (including phenoxy) is 1. The van der Waals surface area contributed by atoms with Gasteiger partial charge in [-0.3, -0.25) is 0 Å². The van der Waals surface area contributed by atoms with Crippen molar-refractivity contribution in [1.29, 1.82) is 0 Å². The van der Waals surface area contributed by atoms with Gasteiger partial charge < -0.3 is 4.74 Å². The van der Waals surface area contributed by atoms with E-state index >= 15 is 0 Å². The van der Waals surface area contributed by atoms with E-state index in [0.29, 0.717) is 13.2 Å². The average molecular weight is 250 g/mol. The highest BCUT2D eigenvalue weighted by molar-refractivity contribution is 5.49. The molecule has 0 amide bonds. The molecule has 0 saturated heterocycles. The summed E-state index contributed by atoms with van der Waals surface area (Å²) in [6.45, 7) is 1.27. The molecule has 0 spiro atoms. The van der Waals surface area contributed by atoms with Crippen LogP contribution in [0.25, 0.3) is 12.2 Å². The van der Waals surface area contributed by atoms with E-state index < -0.39 is 0 Å². The summed E-state index contributed by atoms with van der Waals surface area (Å²) in [6.07, 6.45) is 8.21. The molecule has 0 aliphatic carbocycles. The first-order chi connectivity index (χ1) is 9.45. The second-order valence-corrected chi connectivity index (χ2v) is 4.16. The molecule has 0 aliphatic heterocycles. The number of benzene rings is 2. The summed E-state index contributed by atoms with van der Waals surface area (Å²) in [5, 5.41) is 0. The van der Waals surface area contributed by atoms with Gasteiger partial charge in [-0.05, 0) is 11.1 Å². The third-order valence-corrected chi connectivity index (χ3v) is 2.65. The molecule has 19 heavy (non-hydrogen) atoms. The predicted molar refractivity (Wildman–Crippen MR) is 81.8 cm³/mol. The van der Waals surface area contributed by atoms with E-state index in [2.05, 4.69) is 36.4 Å². The second kappa shape index (κ2) is 8.06. The van der Waals surface area contributed by atoms with Crippen LogP contribution in [0.4, 0.5) is 0 Å². The summed E-state index contributed by atoms with van der Waals surface area (Å²) in [6, 6.07) is 20.5. The molecule has 0 saturated carbocycles. The zero-order valence-electron chi connectivity index (χ0n) is 10.9. The van der Waals surface area contributed by atoms with E-state index in [0.717, 1.165) is 0 Å². The van der Waals surface area contributed by atoms with Crippen LogP contribution in [0.2, 0.25) is 0 Å². The normalized spacial score (nSPS) is 11.4. The minimum Gasteiger partial charge on any atom is -0.373 e. The zero-order valence-corrected chi connectivity index (χ0v) is 10.9. The monoisotopic (exact) mass is 250 g/mol. The summed E-state index contributed by atoms with van der Waals surface area (Å²) in [7, 11) is 0. The lowest BCUT2D eigenvalue weighted by molar-refractivity contribution is 0.195. The minimum absolute atomic E-state index is 0.633. The van der Waals surface area contributed by atoms with E-state index in [9.17, 15) is 0 Å². The Hall–Kier alpha value is -2.12. The first-order valence-electron chi connectivity index (χ1n) is 6.46. The van der Waals surface area contributed by atoms with Crippen molar-refractivity contribution in [3.8, 4) is 0 Å². The second-order valence-electron chi connectivity index (χ2n) is 4.16. The molecule has 1 nitrogen and oxygen atoms in total. The Morgan fingerprint density at radius 1 is 0.632 bits per heavy atom. The van der Waals surface area contributed by atoms with Crippen LogP contribution in [0.15, 0.2) is 72.8 Å². The van der Waals surface area contributed by atoms with E-state index in [1.165, 1.54) is 11.1 Å². The van der Waals surface area contributed by atoms with Gasteiger partial charge in [0.15, 0.2) is 0 Å². The molecule has 0 aromatic heterocycles. The summed E-state index contributed by atoms with van der Waals surface area (Å²) in [5.41, 5.74) is 2.40. The van der Waals surface area contributed by atoms with Crippen LogP contribution in [0.5, 0.6) is 0 Å². The number of rotatable bonds is 6. The molecule has 0 fully saturated rings. The Labute approximate surface area is 114 Å². The maximum Gasteiger partial charge on any atom is 0.0655 e. The van der Waals surface area contributed by atoms with Gasteiger partial charge in [0.05, 0.1) is 13.2 Å². The van der Waals surface area contributed by atoms with Crippen LogP contribution in [-0.2, 0) is 4.74 Å². The molecule has 2 aromatic carbocycles. The van der Waals surface area contributed by atoms with Gasteiger partial charge in [0, 0.05) is 0 Å². The lowest BCUT2D eigenvalue weighted by Gasteiger charge is -1.96. The molecule has 96 valence electrons. The van der Waals surface area contributed by atoms with Gasteiger partial charge in [-0.1, -0.05) is 85.0 Å². The van der Waals surface area contributed by atoms with Gasteiger partial charge in [-0.25, -0.2) is 0 Å². The van der Waals surface area contributed by atoms with Crippen molar-refractivity contribution in [1.82, 2.24) is 0 Å². The van der Waals surface area contributed by atoms with E-state index in [4.69, 9.17) is 4.74 Å². The van der Waals surface area contributed by atoms with Crippen molar-refractivity contribution in [2.75, 3.05) is 13.2 Å². The molecule has 1 heteroatoms. The third kappa shape index (κ3) is 5.36. The van der Waals surface area contributed by atoms with Crippen molar-refractivity contribution < 1.29 is 4.74 Å². The quantitative estimate of drug-likeness (QED) is 0.689. The summed E-state index contributed by atoms with van der Waals surface area (Å²) >= 11 is 0. The fourth-order valence-corrected chi connectivity index (χ4v) is 1.70. The smallest absolute Gasteiger partial charge is 0.0655 e. The van der Waals surface area contributed by atoms with Gasteiger partial charge in [0.2, 0.25) is 0 Å². The lowest BCUT2D eigenvalue weighted by atomic mass is 10.2. The molecule has 0 atom stereocenters. The Bertz CT molecular complexity index is 462. The predicted octanol–water partition coefficient (Wildman–Crippen LogP) is 4.43. The summed E-state index contributed by atoms with van der Waals surface area (Å²) in [5.74, 6) is 0. The number of hydrogen-bond acceptors (Lipinski definition) is 1. The van der Waals surface area contributed by atoms with E-state index in [1.807, 2.05) is 48.6 Å². The van der Waals surface area contributed by atoms with Crippen LogP contribution in [0.3, 0.4) is 0 Å².